The number of rotatable bonds is 2. The van der Waals surface area contributed by atoms with Crippen LogP contribution in [0.3, 0.4) is 0 Å². The van der Waals surface area contributed by atoms with Crippen LogP contribution in [0.1, 0.15) is 68.4 Å². The van der Waals surface area contributed by atoms with Gasteiger partial charge >= 0.3 is 0 Å². The van der Waals surface area contributed by atoms with Crippen molar-refractivity contribution in [1.82, 2.24) is 0 Å². The molecule has 2 aliphatic carbocycles. The number of fused-ring (bicyclic) bond motifs is 1. The van der Waals surface area contributed by atoms with E-state index in [1.54, 1.807) is 5.56 Å². The minimum atomic E-state index is 0.107. The van der Waals surface area contributed by atoms with Crippen LogP contribution < -0.4 is 0 Å². The van der Waals surface area contributed by atoms with Gasteiger partial charge in [-0.05, 0) is 82.3 Å². The summed E-state index contributed by atoms with van der Waals surface area (Å²) in [6.07, 6.45) is 7.33. The van der Waals surface area contributed by atoms with Crippen LogP contribution in [0.5, 0.6) is 0 Å². The summed E-state index contributed by atoms with van der Waals surface area (Å²) < 4.78 is 1.31. The standard InChI is InChI=1S/C24H27I/c1-16-14-20-21(23(4,5)11-10-22(20,2)3)15-19(16)24(12-13-24)17-6-8-18(25)9-7-17/h6-11,14-15H,12-13H2,1-5H3. The molecule has 0 N–H and O–H groups in total. The molecule has 0 aliphatic heterocycles. The first-order valence-corrected chi connectivity index (χ1v) is 10.4. The van der Waals surface area contributed by atoms with Gasteiger partial charge in [-0.3, -0.25) is 0 Å². The molecule has 1 fully saturated rings. The molecule has 0 atom stereocenters. The largest absolute Gasteiger partial charge is 0.0776 e. The summed E-state index contributed by atoms with van der Waals surface area (Å²) in [7, 11) is 0. The first-order valence-electron chi connectivity index (χ1n) is 9.28. The Kier molecular flexibility index (Phi) is 3.78. The Morgan fingerprint density at radius 1 is 0.760 bits per heavy atom. The number of hydrogen-bond acceptors (Lipinski definition) is 0. The van der Waals surface area contributed by atoms with E-state index in [0.717, 1.165) is 0 Å². The van der Waals surface area contributed by atoms with Crippen LogP contribution >= 0.6 is 22.6 Å². The van der Waals surface area contributed by atoms with Crippen molar-refractivity contribution in [3.8, 4) is 0 Å². The molecule has 2 aromatic carbocycles. The lowest BCUT2D eigenvalue weighted by atomic mass is 9.66. The van der Waals surface area contributed by atoms with Gasteiger partial charge in [0.15, 0.2) is 0 Å². The summed E-state index contributed by atoms with van der Waals surface area (Å²) in [5, 5.41) is 0. The third-order valence-electron chi connectivity index (χ3n) is 6.33. The van der Waals surface area contributed by atoms with Crippen molar-refractivity contribution < 1.29 is 0 Å². The van der Waals surface area contributed by atoms with E-state index < -0.39 is 0 Å². The van der Waals surface area contributed by atoms with Gasteiger partial charge < -0.3 is 0 Å². The van der Waals surface area contributed by atoms with E-state index in [-0.39, 0.29) is 16.2 Å². The van der Waals surface area contributed by atoms with Gasteiger partial charge in [0, 0.05) is 19.8 Å². The molecule has 0 unspecified atom stereocenters. The maximum atomic E-state index is 2.54. The normalized spacial score (nSPS) is 21.7. The van der Waals surface area contributed by atoms with E-state index in [4.69, 9.17) is 0 Å². The van der Waals surface area contributed by atoms with Crippen LogP contribution in [-0.2, 0) is 16.2 Å². The minimum absolute atomic E-state index is 0.107. The highest BCUT2D eigenvalue weighted by Crippen LogP contribution is 2.56. The predicted molar refractivity (Wildman–Crippen MR) is 116 cm³/mol. The van der Waals surface area contributed by atoms with Crippen LogP contribution in [0.2, 0.25) is 0 Å². The van der Waals surface area contributed by atoms with E-state index in [1.807, 2.05) is 0 Å². The molecule has 2 aliphatic rings. The summed E-state index contributed by atoms with van der Waals surface area (Å²) >= 11 is 2.40. The van der Waals surface area contributed by atoms with Gasteiger partial charge in [-0.2, -0.15) is 0 Å². The van der Waals surface area contributed by atoms with Gasteiger partial charge in [-0.25, -0.2) is 0 Å². The van der Waals surface area contributed by atoms with Gasteiger partial charge in [0.05, 0.1) is 0 Å². The van der Waals surface area contributed by atoms with Crippen molar-refractivity contribution >= 4 is 22.6 Å². The Bertz CT molecular complexity index is 862. The fourth-order valence-electron chi connectivity index (χ4n) is 4.49. The average molecular weight is 442 g/mol. The highest BCUT2D eigenvalue weighted by Gasteiger charge is 2.47. The Labute approximate surface area is 165 Å². The third-order valence-corrected chi connectivity index (χ3v) is 7.05. The van der Waals surface area contributed by atoms with Crippen LogP contribution in [-0.4, -0.2) is 0 Å². The van der Waals surface area contributed by atoms with Gasteiger partial charge in [0.25, 0.3) is 0 Å². The van der Waals surface area contributed by atoms with Crippen molar-refractivity contribution in [2.75, 3.05) is 0 Å². The molecule has 0 nitrogen and oxygen atoms in total. The van der Waals surface area contributed by atoms with Crippen molar-refractivity contribution in [3.05, 3.63) is 79.9 Å². The zero-order chi connectivity index (χ0) is 18.0. The topological polar surface area (TPSA) is 0 Å². The molecular formula is C24H27I. The summed E-state index contributed by atoms with van der Waals surface area (Å²) in [5.74, 6) is 0. The van der Waals surface area contributed by atoms with Crippen LogP contribution in [0.15, 0.2) is 48.6 Å². The molecule has 130 valence electrons. The van der Waals surface area contributed by atoms with E-state index in [9.17, 15) is 0 Å². The van der Waals surface area contributed by atoms with Crippen molar-refractivity contribution in [2.24, 2.45) is 0 Å². The summed E-state index contributed by atoms with van der Waals surface area (Å²) in [5.41, 5.74) is 7.96. The predicted octanol–water partition coefficient (Wildman–Crippen LogP) is 6.80. The number of hydrogen-bond donors (Lipinski definition) is 0. The van der Waals surface area contributed by atoms with E-state index in [2.05, 4.69) is 106 Å². The van der Waals surface area contributed by atoms with E-state index in [1.165, 1.54) is 38.7 Å². The molecule has 1 heteroatoms. The summed E-state index contributed by atoms with van der Waals surface area (Å²) in [4.78, 5) is 0. The van der Waals surface area contributed by atoms with E-state index >= 15 is 0 Å². The molecule has 4 rings (SSSR count). The first-order chi connectivity index (χ1) is 11.7. The average Bonchev–Trinajstić information content (AvgIpc) is 3.34. The van der Waals surface area contributed by atoms with Gasteiger partial charge in [-0.1, -0.05) is 64.1 Å². The molecule has 0 radical (unpaired) electrons. The van der Waals surface area contributed by atoms with Crippen LogP contribution in [0.4, 0.5) is 0 Å². The van der Waals surface area contributed by atoms with Crippen molar-refractivity contribution in [2.45, 2.75) is 63.7 Å². The van der Waals surface area contributed by atoms with Crippen molar-refractivity contribution in [3.63, 3.8) is 0 Å². The molecule has 0 aromatic heterocycles. The first kappa shape index (κ1) is 17.3. The van der Waals surface area contributed by atoms with Gasteiger partial charge in [-0.15, -0.1) is 0 Å². The second-order valence-electron chi connectivity index (χ2n) is 9.08. The Hall–Kier alpha value is -1.09. The number of aryl methyl sites for hydroxylation is 1. The highest BCUT2D eigenvalue weighted by molar-refractivity contribution is 14.1. The molecule has 1 saturated carbocycles. The van der Waals surface area contributed by atoms with Crippen LogP contribution in [0.25, 0.3) is 0 Å². The smallest absolute Gasteiger partial charge is 0.0206 e. The molecule has 0 amide bonds. The quantitative estimate of drug-likeness (QED) is 0.354. The second kappa shape index (κ2) is 5.45. The number of allylic oxidation sites excluding steroid dienone is 2. The lowest BCUT2D eigenvalue weighted by molar-refractivity contribution is 0.560. The Balaban J connectivity index is 1.90. The molecule has 2 aromatic rings. The van der Waals surface area contributed by atoms with Gasteiger partial charge in [0.1, 0.15) is 0 Å². The molecule has 25 heavy (non-hydrogen) atoms. The molecular weight excluding hydrogens is 415 g/mol. The zero-order valence-corrected chi connectivity index (χ0v) is 18.1. The van der Waals surface area contributed by atoms with Crippen molar-refractivity contribution in [1.29, 1.82) is 0 Å². The lowest BCUT2D eigenvalue weighted by Crippen LogP contribution is -2.30. The fourth-order valence-corrected chi connectivity index (χ4v) is 4.85. The SMILES string of the molecule is Cc1cc2c(cc1C1(c3ccc(I)cc3)CC1)C(C)(C)C=CC2(C)C. The molecule has 0 heterocycles. The number of benzene rings is 2. The minimum Gasteiger partial charge on any atom is -0.0776 e. The number of halogens is 1. The Morgan fingerprint density at radius 2 is 1.28 bits per heavy atom. The fraction of sp³-hybridized carbons (Fsp3) is 0.417. The Morgan fingerprint density at radius 3 is 1.80 bits per heavy atom. The zero-order valence-electron chi connectivity index (χ0n) is 15.9. The highest BCUT2D eigenvalue weighted by atomic mass is 127. The molecule has 0 bridgehead atoms. The monoisotopic (exact) mass is 442 g/mol. The maximum Gasteiger partial charge on any atom is 0.0206 e. The lowest BCUT2D eigenvalue weighted by Gasteiger charge is -2.38. The summed E-state index contributed by atoms with van der Waals surface area (Å²) in [6.45, 7) is 11.7. The molecule has 0 spiro atoms. The maximum absolute atomic E-state index is 2.54. The molecule has 0 saturated heterocycles. The van der Waals surface area contributed by atoms with E-state index in [0.29, 0.717) is 0 Å². The summed E-state index contributed by atoms with van der Waals surface area (Å²) in [6, 6.07) is 14.2. The second-order valence-corrected chi connectivity index (χ2v) is 10.3. The van der Waals surface area contributed by atoms with Gasteiger partial charge in [0.2, 0.25) is 0 Å². The van der Waals surface area contributed by atoms with Crippen LogP contribution in [0, 0.1) is 10.5 Å². The third kappa shape index (κ3) is 2.70.